The lowest BCUT2D eigenvalue weighted by molar-refractivity contribution is -0.121. The smallest absolute Gasteiger partial charge is 0.269 e. The Labute approximate surface area is 158 Å². The SMILES string of the molecule is C=CCCC(=O)NNC(=O)c1ccc(COc2ccc(Cl)c(C)c2)cc1. The van der Waals surface area contributed by atoms with Crippen molar-refractivity contribution in [2.24, 2.45) is 0 Å². The van der Waals surface area contributed by atoms with E-state index in [2.05, 4.69) is 17.4 Å². The van der Waals surface area contributed by atoms with Gasteiger partial charge in [0.25, 0.3) is 5.91 Å². The van der Waals surface area contributed by atoms with Gasteiger partial charge in [0.05, 0.1) is 0 Å². The Hall–Kier alpha value is -2.79. The molecule has 0 unspecified atom stereocenters. The molecular formula is C20H21ClN2O3. The second-order valence-electron chi connectivity index (χ2n) is 5.73. The Balaban J connectivity index is 1.85. The first-order chi connectivity index (χ1) is 12.5. The van der Waals surface area contributed by atoms with Crippen LogP contribution in [0.2, 0.25) is 5.02 Å². The van der Waals surface area contributed by atoms with Crippen LogP contribution in [0, 0.1) is 6.92 Å². The van der Waals surface area contributed by atoms with E-state index in [1.807, 2.05) is 19.1 Å². The Bertz CT molecular complexity index is 788. The van der Waals surface area contributed by atoms with Crippen LogP contribution in [-0.2, 0) is 11.4 Å². The Morgan fingerprint density at radius 1 is 1.15 bits per heavy atom. The second-order valence-corrected chi connectivity index (χ2v) is 6.13. The maximum Gasteiger partial charge on any atom is 0.269 e. The number of hydrogen-bond donors (Lipinski definition) is 2. The molecule has 2 rings (SSSR count). The molecule has 0 fully saturated rings. The van der Waals surface area contributed by atoms with E-state index in [0.717, 1.165) is 16.9 Å². The maximum absolute atomic E-state index is 12.0. The standard InChI is InChI=1S/C20H21ClN2O3/c1-3-4-5-19(24)22-23-20(25)16-8-6-15(7-9-16)13-26-17-10-11-18(21)14(2)12-17/h3,6-12H,1,4-5,13H2,2H3,(H,22,24)(H,23,25). The molecule has 2 N–H and O–H groups in total. The Morgan fingerprint density at radius 3 is 2.54 bits per heavy atom. The predicted octanol–water partition coefficient (Wildman–Crippen LogP) is 3.95. The van der Waals surface area contributed by atoms with Crippen LogP contribution in [-0.4, -0.2) is 11.8 Å². The van der Waals surface area contributed by atoms with Crippen molar-refractivity contribution in [1.29, 1.82) is 0 Å². The molecule has 0 radical (unpaired) electrons. The molecule has 2 amide bonds. The first-order valence-corrected chi connectivity index (χ1v) is 8.55. The molecular weight excluding hydrogens is 352 g/mol. The number of hydrazine groups is 1. The highest BCUT2D eigenvalue weighted by Crippen LogP contribution is 2.21. The van der Waals surface area contributed by atoms with Gasteiger partial charge in [0.15, 0.2) is 0 Å². The molecule has 2 aromatic rings. The zero-order valence-electron chi connectivity index (χ0n) is 14.5. The summed E-state index contributed by atoms with van der Waals surface area (Å²) >= 11 is 5.99. The number of carbonyl (C=O) groups excluding carboxylic acids is 2. The molecule has 0 saturated heterocycles. The number of carbonyl (C=O) groups is 2. The van der Waals surface area contributed by atoms with E-state index in [4.69, 9.17) is 16.3 Å². The van der Waals surface area contributed by atoms with Crippen molar-refractivity contribution in [3.05, 3.63) is 76.8 Å². The fraction of sp³-hybridized carbons (Fsp3) is 0.200. The molecule has 0 heterocycles. The maximum atomic E-state index is 12.0. The molecule has 136 valence electrons. The van der Waals surface area contributed by atoms with Crippen LogP contribution in [0.4, 0.5) is 0 Å². The summed E-state index contributed by atoms with van der Waals surface area (Å²) in [5.41, 5.74) is 7.06. The van der Waals surface area contributed by atoms with Crippen LogP contribution < -0.4 is 15.6 Å². The van der Waals surface area contributed by atoms with Crippen molar-refractivity contribution < 1.29 is 14.3 Å². The van der Waals surface area contributed by atoms with Crippen LogP contribution in [0.3, 0.4) is 0 Å². The third kappa shape index (κ3) is 5.93. The van der Waals surface area contributed by atoms with Crippen LogP contribution in [0.1, 0.15) is 34.3 Å². The quantitative estimate of drug-likeness (QED) is 0.571. The van der Waals surface area contributed by atoms with Gasteiger partial charge in [-0.15, -0.1) is 6.58 Å². The van der Waals surface area contributed by atoms with Gasteiger partial charge in [-0.25, -0.2) is 0 Å². The topological polar surface area (TPSA) is 67.4 Å². The minimum atomic E-state index is -0.377. The lowest BCUT2D eigenvalue weighted by Gasteiger charge is -2.09. The summed E-state index contributed by atoms with van der Waals surface area (Å²) in [6, 6.07) is 12.4. The van der Waals surface area contributed by atoms with Gasteiger partial charge in [0, 0.05) is 17.0 Å². The number of benzene rings is 2. The largest absolute Gasteiger partial charge is 0.489 e. The van der Waals surface area contributed by atoms with Gasteiger partial charge >= 0.3 is 0 Å². The van der Waals surface area contributed by atoms with E-state index < -0.39 is 0 Å². The van der Waals surface area contributed by atoms with Gasteiger partial charge in [-0.05, 0) is 54.8 Å². The molecule has 6 heteroatoms. The summed E-state index contributed by atoms with van der Waals surface area (Å²) < 4.78 is 5.72. The van der Waals surface area contributed by atoms with Crippen molar-refractivity contribution >= 4 is 23.4 Å². The highest BCUT2D eigenvalue weighted by molar-refractivity contribution is 6.31. The van der Waals surface area contributed by atoms with Crippen molar-refractivity contribution in [3.63, 3.8) is 0 Å². The molecule has 0 aromatic heterocycles. The normalized spacial score (nSPS) is 10.1. The monoisotopic (exact) mass is 372 g/mol. The Morgan fingerprint density at radius 2 is 1.88 bits per heavy atom. The number of nitrogens with one attached hydrogen (secondary N) is 2. The molecule has 0 saturated carbocycles. The average molecular weight is 373 g/mol. The van der Waals surface area contributed by atoms with Crippen molar-refractivity contribution in [2.45, 2.75) is 26.4 Å². The molecule has 26 heavy (non-hydrogen) atoms. The summed E-state index contributed by atoms with van der Waals surface area (Å²) in [5.74, 6) is 0.0928. The number of ether oxygens (including phenoxy) is 1. The lowest BCUT2D eigenvalue weighted by atomic mass is 10.1. The van der Waals surface area contributed by atoms with E-state index in [9.17, 15) is 9.59 Å². The second kappa shape index (κ2) is 9.63. The van der Waals surface area contributed by atoms with Crippen molar-refractivity contribution in [3.8, 4) is 5.75 Å². The molecule has 2 aromatic carbocycles. The van der Waals surface area contributed by atoms with Gasteiger partial charge in [0.1, 0.15) is 12.4 Å². The summed E-state index contributed by atoms with van der Waals surface area (Å²) in [7, 11) is 0. The summed E-state index contributed by atoms with van der Waals surface area (Å²) in [6.07, 6.45) is 2.49. The Kier molecular flexibility index (Phi) is 7.24. The highest BCUT2D eigenvalue weighted by atomic mass is 35.5. The van der Waals surface area contributed by atoms with E-state index >= 15 is 0 Å². The first kappa shape index (κ1) is 19.5. The first-order valence-electron chi connectivity index (χ1n) is 8.17. The van der Waals surface area contributed by atoms with Crippen LogP contribution >= 0.6 is 11.6 Å². The van der Waals surface area contributed by atoms with Gasteiger partial charge < -0.3 is 4.74 Å². The summed E-state index contributed by atoms with van der Waals surface area (Å²) in [4.78, 5) is 23.5. The van der Waals surface area contributed by atoms with E-state index in [1.54, 1.807) is 36.4 Å². The summed E-state index contributed by atoms with van der Waals surface area (Å²) in [5, 5.41) is 0.698. The number of hydrogen-bond acceptors (Lipinski definition) is 3. The van der Waals surface area contributed by atoms with E-state index in [1.165, 1.54) is 0 Å². The molecule has 0 spiro atoms. The van der Waals surface area contributed by atoms with Gasteiger partial charge in [-0.2, -0.15) is 0 Å². The zero-order valence-corrected chi connectivity index (χ0v) is 15.3. The minimum Gasteiger partial charge on any atom is -0.489 e. The lowest BCUT2D eigenvalue weighted by Crippen LogP contribution is -2.41. The number of halogens is 1. The molecule has 5 nitrogen and oxygen atoms in total. The van der Waals surface area contributed by atoms with Crippen LogP contribution in [0.5, 0.6) is 5.75 Å². The molecule has 0 aliphatic carbocycles. The third-order valence-electron chi connectivity index (χ3n) is 3.64. The number of rotatable bonds is 7. The number of aryl methyl sites for hydroxylation is 1. The van der Waals surface area contributed by atoms with Gasteiger partial charge in [-0.3, -0.25) is 20.4 Å². The summed E-state index contributed by atoms with van der Waals surface area (Å²) in [6.45, 7) is 5.83. The minimum absolute atomic E-state index is 0.262. The van der Waals surface area contributed by atoms with Gasteiger partial charge in [-0.1, -0.05) is 29.8 Å². The van der Waals surface area contributed by atoms with Gasteiger partial charge in [0.2, 0.25) is 5.91 Å². The molecule has 0 atom stereocenters. The molecule has 0 aliphatic rings. The number of allylic oxidation sites excluding steroid dienone is 1. The van der Waals surface area contributed by atoms with E-state index in [-0.39, 0.29) is 18.2 Å². The molecule has 0 aliphatic heterocycles. The van der Waals surface area contributed by atoms with Crippen LogP contribution in [0.15, 0.2) is 55.1 Å². The molecule has 0 bridgehead atoms. The predicted molar refractivity (Wildman–Crippen MR) is 102 cm³/mol. The van der Waals surface area contributed by atoms with E-state index in [0.29, 0.717) is 23.6 Å². The fourth-order valence-corrected chi connectivity index (χ4v) is 2.24. The van der Waals surface area contributed by atoms with Crippen LogP contribution in [0.25, 0.3) is 0 Å². The third-order valence-corrected chi connectivity index (χ3v) is 4.07. The highest BCUT2D eigenvalue weighted by Gasteiger charge is 2.07. The fourth-order valence-electron chi connectivity index (χ4n) is 2.12. The average Bonchev–Trinajstić information content (AvgIpc) is 2.65. The van der Waals surface area contributed by atoms with Crippen molar-refractivity contribution in [2.75, 3.05) is 0 Å². The zero-order chi connectivity index (χ0) is 18.9. The number of amides is 2. The van der Waals surface area contributed by atoms with Crippen molar-refractivity contribution in [1.82, 2.24) is 10.9 Å².